The van der Waals surface area contributed by atoms with Gasteiger partial charge < -0.3 is 5.73 Å². The fraction of sp³-hybridized carbons (Fsp3) is 0.818. The summed E-state index contributed by atoms with van der Waals surface area (Å²) in [5.74, 6) is 7.15. The molecule has 2 heteroatoms. The van der Waals surface area contributed by atoms with Crippen molar-refractivity contribution in [3.05, 3.63) is 0 Å². The number of hydrogen-bond donors (Lipinski definition) is 1. The number of hydrogen-bond acceptors (Lipinski definition) is 2. The second-order valence-electron chi connectivity index (χ2n) is 3.85. The minimum Gasteiger partial charge on any atom is -0.330 e. The number of piperidine rings is 1. The maximum Gasteiger partial charge on any atom is 0.0601 e. The predicted molar refractivity (Wildman–Crippen MR) is 56.3 cm³/mol. The zero-order chi connectivity index (χ0) is 9.52. The first-order valence-corrected chi connectivity index (χ1v) is 5.21. The van der Waals surface area contributed by atoms with Crippen molar-refractivity contribution >= 4 is 0 Å². The Balaban J connectivity index is 2.13. The summed E-state index contributed by atoms with van der Waals surface area (Å²) in [5, 5.41) is 0. The van der Waals surface area contributed by atoms with Crippen molar-refractivity contribution in [2.45, 2.75) is 26.2 Å². The van der Waals surface area contributed by atoms with Crippen molar-refractivity contribution in [3.8, 4) is 11.8 Å². The summed E-state index contributed by atoms with van der Waals surface area (Å²) in [6, 6.07) is 0. The van der Waals surface area contributed by atoms with Gasteiger partial charge in [-0.15, -0.1) is 5.92 Å². The molecule has 0 amide bonds. The van der Waals surface area contributed by atoms with Crippen LogP contribution in [0.4, 0.5) is 0 Å². The van der Waals surface area contributed by atoms with Crippen LogP contribution in [0.15, 0.2) is 0 Å². The summed E-state index contributed by atoms with van der Waals surface area (Å²) in [6.07, 6.45) is 3.50. The molecule has 0 atom stereocenters. The molecular weight excluding hydrogens is 160 g/mol. The van der Waals surface area contributed by atoms with Gasteiger partial charge in [-0.05, 0) is 31.8 Å². The van der Waals surface area contributed by atoms with Gasteiger partial charge in [-0.2, -0.15) is 0 Å². The monoisotopic (exact) mass is 180 g/mol. The lowest BCUT2D eigenvalue weighted by molar-refractivity contribution is 0.213. The Morgan fingerprint density at radius 2 is 2.00 bits per heavy atom. The normalized spacial score (nSPS) is 19.5. The van der Waals surface area contributed by atoms with Crippen LogP contribution in [0.1, 0.15) is 26.2 Å². The molecule has 0 aromatic heterocycles. The number of likely N-dealkylation sites (tertiary alicyclic amines) is 1. The van der Waals surface area contributed by atoms with E-state index in [1.165, 1.54) is 25.9 Å². The maximum atomic E-state index is 5.35. The van der Waals surface area contributed by atoms with E-state index in [2.05, 4.69) is 23.7 Å². The van der Waals surface area contributed by atoms with Gasteiger partial charge in [0.25, 0.3) is 0 Å². The summed E-state index contributed by atoms with van der Waals surface area (Å²) < 4.78 is 0. The minimum absolute atomic E-state index is 0.685. The molecule has 1 aliphatic rings. The molecule has 0 aliphatic carbocycles. The van der Waals surface area contributed by atoms with Crippen molar-refractivity contribution in [2.24, 2.45) is 11.7 Å². The van der Waals surface area contributed by atoms with E-state index < -0.39 is 0 Å². The lowest BCUT2D eigenvalue weighted by Crippen LogP contribution is -2.33. The Hall–Kier alpha value is -0.520. The van der Waals surface area contributed by atoms with E-state index in [4.69, 9.17) is 5.73 Å². The fourth-order valence-corrected chi connectivity index (χ4v) is 1.55. The molecule has 1 saturated heterocycles. The standard InChI is InChI=1S/C11H20N2/c1-11-5-9-13(10-6-11)8-4-2-3-7-12/h11H,3,5-10,12H2,1H3. The molecule has 0 aromatic rings. The van der Waals surface area contributed by atoms with E-state index in [9.17, 15) is 0 Å². The van der Waals surface area contributed by atoms with Crippen LogP contribution in [0, 0.1) is 17.8 Å². The number of nitrogens with two attached hydrogens (primary N) is 1. The highest BCUT2D eigenvalue weighted by Crippen LogP contribution is 2.14. The molecule has 0 unspecified atom stereocenters. The number of rotatable bonds is 2. The van der Waals surface area contributed by atoms with E-state index >= 15 is 0 Å². The third-order valence-corrected chi connectivity index (χ3v) is 2.57. The molecule has 0 radical (unpaired) electrons. The predicted octanol–water partition coefficient (Wildman–Crippen LogP) is 1.07. The van der Waals surface area contributed by atoms with Crippen LogP contribution in [-0.2, 0) is 0 Å². The molecule has 2 N–H and O–H groups in total. The molecule has 1 heterocycles. The average Bonchev–Trinajstić information content (AvgIpc) is 2.15. The van der Waals surface area contributed by atoms with Gasteiger partial charge >= 0.3 is 0 Å². The molecule has 2 nitrogen and oxygen atoms in total. The van der Waals surface area contributed by atoms with E-state index in [1.54, 1.807) is 0 Å². The zero-order valence-corrected chi connectivity index (χ0v) is 8.55. The third-order valence-electron chi connectivity index (χ3n) is 2.57. The van der Waals surface area contributed by atoms with Crippen molar-refractivity contribution in [1.82, 2.24) is 4.90 Å². The molecule has 1 fully saturated rings. The molecule has 1 rings (SSSR count). The van der Waals surface area contributed by atoms with E-state index in [-0.39, 0.29) is 0 Å². The van der Waals surface area contributed by atoms with Gasteiger partial charge in [0.2, 0.25) is 0 Å². The van der Waals surface area contributed by atoms with Gasteiger partial charge in [-0.3, -0.25) is 4.90 Å². The molecule has 1 aliphatic heterocycles. The van der Waals surface area contributed by atoms with Gasteiger partial charge in [0.05, 0.1) is 6.54 Å². The van der Waals surface area contributed by atoms with Gasteiger partial charge in [-0.1, -0.05) is 12.8 Å². The van der Waals surface area contributed by atoms with Crippen LogP contribution in [0.2, 0.25) is 0 Å². The van der Waals surface area contributed by atoms with Crippen LogP contribution in [0.25, 0.3) is 0 Å². The van der Waals surface area contributed by atoms with Crippen molar-refractivity contribution < 1.29 is 0 Å². The van der Waals surface area contributed by atoms with E-state index in [0.29, 0.717) is 6.54 Å². The quantitative estimate of drug-likeness (QED) is 0.644. The molecule has 13 heavy (non-hydrogen) atoms. The molecule has 0 saturated carbocycles. The molecule has 0 spiro atoms. The Morgan fingerprint density at radius 1 is 1.31 bits per heavy atom. The van der Waals surface area contributed by atoms with Gasteiger partial charge in [0, 0.05) is 13.0 Å². The number of nitrogens with zero attached hydrogens (tertiary/aromatic N) is 1. The van der Waals surface area contributed by atoms with Crippen molar-refractivity contribution in [3.63, 3.8) is 0 Å². The Labute approximate surface area is 81.5 Å². The molecule has 74 valence electrons. The highest BCUT2D eigenvalue weighted by Gasteiger charge is 2.13. The zero-order valence-electron chi connectivity index (χ0n) is 8.55. The lowest BCUT2D eigenvalue weighted by Gasteiger charge is -2.28. The van der Waals surface area contributed by atoms with Crippen LogP contribution < -0.4 is 5.73 Å². The van der Waals surface area contributed by atoms with Crippen LogP contribution >= 0.6 is 0 Å². The maximum absolute atomic E-state index is 5.35. The van der Waals surface area contributed by atoms with E-state index in [0.717, 1.165) is 18.9 Å². The highest BCUT2D eigenvalue weighted by atomic mass is 15.1. The lowest BCUT2D eigenvalue weighted by atomic mass is 9.99. The summed E-state index contributed by atoms with van der Waals surface area (Å²) in [5.41, 5.74) is 5.35. The SMILES string of the molecule is CC1CCN(CC#CCCN)CC1. The average molecular weight is 180 g/mol. The molecule has 0 aromatic carbocycles. The van der Waals surface area contributed by atoms with Crippen LogP contribution in [-0.4, -0.2) is 31.1 Å². The molecular formula is C11H20N2. The van der Waals surface area contributed by atoms with Gasteiger partial charge in [-0.25, -0.2) is 0 Å². The highest BCUT2D eigenvalue weighted by molar-refractivity contribution is 5.01. The summed E-state index contributed by atoms with van der Waals surface area (Å²) >= 11 is 0. The largest absolute Gasteiger partial charge is 0.330 e. The van der Waals surface area contributed by atoms with Gasteiger partial charge in [0.1, 0.15) is 0 Å². The third kappa shape index (κ3) is 4.31. The second kappa shape index (κ2) is 6.01. The second-order valence-corrected chi connectivity index (χ2v) is 3.85. The first-order chi connectivity index (χ1) is 6.33. The first-order valence-electron chi connectivity index (χ1n) is 5.21. The minimum atomic E-state index is 0.685. The summed E-state index contributed by atoms with van der Waals surface area (Å²) in [7, 11) is 0. The van der Waals surface area contributed by atoms with Crippen LogP contribution in [0.3, 0.4) is 0 Å². The summed E-state index contributed by atoms with van der Waals surface area (Å²) in [4.78, 5) is 2.43. The van der Waals surface area contributed by atoms with E-state index in [1.807, 2.05) is 0 Å². The fourth-order valence-electron chi connectivity index (χ4n) is 1.55. The van der Waals surface area contributed by atoms with Crippen LogP contribution in [0.5, 0.6) is 0 Å². The molecule has 0 bridgehead atoms. The van der Waals surface area contributed by atoms with Crippen molar-refractivity contribution in [1.29, 1.82) is 0 Å². The Bertz CT molecular complexity index is 182. The topological polar surface area (TPSA) is 29.3 Å². The first kappa shape index (κ1) is 10.6. The van der Waals surface area contributed by atoms with Crippen molar-refractivity contribution in [2.75, 3.05) is 26.2 Å². The Kier molecular flexibility index (Phi) is 4.88. The Morgan fingerprint density at radius 3 is 2.62 bits per heavy atom. The smallest absolute Gasteiger partial charge is 0.0601 e. The van der Waals surface area contributed by atoms with Gasteiger partial charge in [0.15, 0.2) is 0 Å². The summed E-state index contributed by atoms with van der Waals surface area (Å²) in [6.45, 7) is 6.39.